The molecule has 0 spiro atoms. The van der Waals surface area contributed by atoms with E-state index in [0.29, 0.717) is 0 Å². The highest BCUT2D eigenvalue weighted by Gasteiger charge is 2.43. The Balaban J connectivity index is 2.72. The van der Waals surface area contributed by atoms with Gasteiger partial charge in [-0.05, 0) is 32.3 Å². The fourth-order valence-corrected chi connectivity index (χ4v) is 2.40. The molecule has 0 aromatic heterocycles. The molecule has 6 nitrogen and oxygen atoms in total. The number of ether oxygens (including phenoxy) is 2. The number of hydrogen-bond donors (Lipinski definition) is 2. The van der Waals surface area contributed by atoms with Gasteiger partial charge in [0.15, 0.2) is 0 Å². The SMILES string of the molecule is CCOC(=O)C(C)(C)C(O)[C@@H](NC(=O)OCc1ccccc1)C(C)C. The number of aliphatic hydroxyl groups is 1. The third-order valence-corrected chi connectivity index (χ3v) is 4.10. The molecule has 1 rings (SSSR count). The Morgan fingerprint density at radius 2 is 1.76 bits per heavy atom. The highest BCUT2D eigenvalue weighted by molar-refractivity contribution is 5.77. The van der Waals surface area contributed by atoms with Crippen LogP contribution in [-0.2, 0) is 20.9 Å². The van der Waals surface area contributed by atoms with Crippen LogP contribution in [-0.4, -0.2) is 35.9 Å². The van der Waals surface area contributed by atoms with Crippen LogP contribution in [0.2, 0.25) is 0 Å². The van der Waals surface area contributed by atoms with Crippen LogP contribution in [0.3, 0.4) is 0 Å². The van der Waals surface area contributed by atoms with Gasteiger partial charge in [-0.3, -0.25) is 4.79 Å². The average molecular weight is 351 g/mol. The molecule has 2 N–H and O–H groups in total. The van der Waals surface area contributed by atoms with E-state index in [9.17, 15) is 14.7 Å². The van der Waals surface area contributed by atoms with Crippen LogP contribution >= 0.6 is 0 Å². The predicted octanol–water partition coefficient (Wildman–Crippen LogP) is 2.89. The first-order valence-corrected chi connectivity index (χ1v) is 8.52. The number of nitrogens with one attached hydrogen (secondary N) is 1. The minimum Gasteiger partial charge on any atom is -0.466 e. The number of esters is 1. The molecule has 25 heavy (non-hydrogen) atoms. The maximum atomic E-state index is 12.1. The molecule has 0 aliphatic rings. The largest absolute Gasteiger partial charge is 0.466 e. The van der Waals surface area contributed by atoms with E-state index in [-0.39, 0.29) is 19.1 Å². The van der Waals surface area contributed by atoms with Crippen LogP contribution in [0.4, 0.5) is 4.79 Å². The standard InChI is InChI=1S/C19H29NO5/c1-6-24-17(22)19(4,5)16(21)15(13(2)3)20-18(23)25-12-14-10-8-7-9-11-14/h7-11,13,15-16,21H,6,12H2,1-5H3,(H,20,23)/t15-,16?/m0/s1. The van der Waals surface area contributed by atoms with Gasteiger partial charge in [-0.15, -0.1) is 0 Å². The summed E-state index contributed by atoms with van der Waals surface area (Å²) in [7, 11) is 0. The zero-order chi connectivity index (χ0) is 19.0. The van der Waals surface area contributed by atoms with Crippen molar-refractivity contribution < 1.29 is 24.2 Å². The van der Waals surface area contributed by atoms with Gasteiger partial charge in [-0.25, -0.2) is 4.79 Å². The van der Waals surface area contributed by atoms with E-state index in [1.165, 1.54) is 0 Å². The topological polar surface area (TPSA) is 84.9 Å². The van der Waals surface area contributed by atoms with Crippen LogP contribution in [0.15, 0.2) is 30.3 Å². The van der Waals surface area contributed by atoms with Crippen molar-refractivity contribution in [3.8, 4) is 0 Å². The number of rotatable bonds is 8. The minimum absolute atomic E-state index is 0.104. The van der Waals surface area contributed by atoms with Gasteiger partial charge in [0.05, 0.1) is 24.2 Å². The van der Waals surface area contributed by atoms with Gasteiger partial charge in [0.2, 0.25) is 0 Å². The molecule has 1 aromatic carbocycles. The molecule has 0 radical (unpaired) electrons. The predicted molar refractivity (Wildman–Crippen MR) is 94.8 cm³/mol. The van der Waals surface area contributed by atoms with E-state index in [1.807, 2.05) is 44.2 Å². The summed E-state index contributed by atoms with van der Waals surface area (Å²) in [5, 5.41) is 13.3. The Kier molecular flexibility index (Phi) is 7.90. The van der Waals surface area contributed by atoms with E-state index in [1.54, 1.807) is 20.8 Å². The average Bonchev–Trinajstić information content (AvgIpc) is 2.58. The molecule has 1 unspecified atom stereocenters. The van der Waals surface area contributed by atoms with Crippen molar-refractivity contribution in [3.63, 3.8) is 0 Å². The first kappa shape index (κ1) is 21.0. The Morgan fingerprint density at radius 3 is 2.28 bits per heavy atom. The molecule has 1 amide bonds. The lowest BCUT2D eigenvalue weighted by molar-refractivity contribution is -0.161. The normalized spacial score (nSPS) is 13.9. The monoisotopic (exact) mass is 351 g/mol. The third kappa shape index (κ3) is 6.05. The van der Waals surface area contributed by atoms with Crippen molar-refractivity contribution in [2.45, 2.75) is 53.4 Å². The van der Waals surface area contributed by atoms with Crippen LogP contribution in [0, 0.1) is 11.3 Å². The van der Waals surface area contributed by atoms with Gasteiger partial charge in [0.1, 0.15) is 6.61 Å². The zero-order valence-corrected chi connectivity index (χ0v) is 15.6. The molecular formula is C19H29NO5. The molecule has 0 bridgehead atoms. The number of carbonyl (C=O) groups is 2. The lowest BCUT2D eigenvalue weighted by Gasteiger charge is -2.36. The molecule has 6 heteroatoms. The van der Waals surface area contributed by atoms with Crippen LogP contribution in [0.1, 0.15) is 40.2 Å². The van der Waals surface area contributed by atoms with Crippen LogP contribution < -0.4 is 5.32 Å². The van der Waals surface area contributed by atoms with Gasteiger partial charge in [-0.2, -0.15) is 0 Å². The third-order valence-electron chi connectivity index (χ3n) is 4.10. The van der Waals surface area contributed by atoms with Crippen LogP contribution in [0.25, 0.3) is 0 Å². The smallest absolute Gasteiger partial charge is 0.407 e. The second kappa shape index (κ2) is 9.42. The van der Waals surface area contributed by atoms with Gasteiger partial charge in [0, 0.05) is 0 Å². The summed E-state index contributed by atoms with van der Waals surface area (Å²) >= 11 is 0. The molecule has 140 valence electrons. The van der Waals surface area contributed by atoms with Gasteiger partial charge in [0.25, 0.3) is 0 Å². The second-order valence-corrected chi connectivity index (χ2v) is 6.86. The lowest BCUT2D eigenvalue weighted by Crippen LogP contribution is -2.55. The molecular weight excluding hydrogens is 322 g/mol. The fourth-order valence-electron chi connectivity index (χ4n) is 2.40. The van der Waals surface area contributed by atoms with Gasteiger partial charge in [-0.1, -0.05) is 44.2 Å². The van der Waals surface area contributed by atoms with Crippen molar-refractivity contribution in [3.05, 3.63) is 35.9 Å². The number of aliphatic hydroxyl groups excluding tert-OH is 1. The summed E-state index contributed by atoms with van der Waals surface area (Å²) in [6, 6.07) is 8.66. The minimum atomic E-state index is -1.16. The van der Waals surface area contributed by atoms with Gasteiger partial charge >= 0.3 is 12.1 Å². The Bertz CT molecular complexity index is 556. The van der Waals surface area contributed by atoms with Crippen molar-refractivity contribution in [2.24, 2.45) is 11.3 Å². The highest BCUT2D eigenvalue weighted by atomic mass is 16.5. The fraction of sp³-hybridized carbons (Fsp3) is 0.579. The van der Waals surface area contributed by atoms with E-state index in [0.717, 1.165) is 5.56 Å². The molecule has 0 fully saturated rings. The molecule has 0 saturated heterocycles. The highest BCUT2D eigenvalue weighted by Crippen LogP contribution is 2.28. The van der Waals surface area contributed by atoms with Crippen molar-refractivity contribution in [2.75, 3.05) is 6.61 Å². The zero-order valence-electron chi connectivity index (χ0n) is 15.6. The summed E-state index contributed by atoms with van der Waals surface area (Å²) in [6.07, 6.45) is -1.75. The maximum absolute atomic E-state index is 12.1. The van der Waals surface area contributed by atoms with Crippen molar-refractivity contribution in [1.82, 2.24) is 5.32 Å². The quantitative estimate of drug-likeness (QED) is 0.704. The number of alkyl carbamates (subject to hydrolysis) is 1. The molecule has 0 saturated carbocycles. The van der Waals surface area contributed by atoms with Crippen LogP contribution in [0.5, 0.6) is 0 Å². The number of amides is 1. The second-order valence-electron chi connectivity index (χ2n) is 6.86. The maximum Gasteiger partial charge on any atom is 0.407 e. The molecule has 1 aromatic rings. The lowest BCUT2D eigenvalue weighted by atomic mass is 9.79. The summed E-state index contributed by atoms with van der Waals surface area (Å²) in [5.41, 5.74) is -0.288. The van der Waals surface area contributed by atoms with Crippen molar-refractivity contribution in [1.29, 1.82) is 0 Å². The summed E-state index contributed by atoms with van der Waals surface area (Å²) in [4.78, 5) is 24.2. The molecule has 0 aliphatic heterocycles. The number of carbonyl (C=O) groups excluding carboxylic acids is 2. The molecule has 2 atom stereocenters. The van der Waals surface area contributed by atoms with E-state index >= 15 is 0 Å². The van der Waals surface area contributed by atoms with E-state index < -0.39 is 29.6 Å². The Morgan fingerprint density at radius 1 is 1.16 bits per heavy atom. The molecule has 0 aliphatic carbocycles. The van der Waals surface area contributed by atoms with E-state index in [2.05, 4.69) is 5.32 Å². The first-order chi connectivity index (χ1) is 11.7. The summed E-state index contributed by atoms with van der Waals surface area (Å²) in [6.45, 7) is 8.98. The Hall–Kier alpha value is -2.08. The summed E-state index contributed by atoms with van der Waals surface area (Å²) < 4.78 is 10.2. The Labute approximate surface area is 149 Å². The number of benzene rings is 1. The summed E-state index contributed by atoms with van der Waals surface area (Å²) in [5.74, 6) is -0.611. The molecule has 0 heterocycles. The van der Waals surface area contributed by atoms with E-state index in [4.69, 9.17) is 9.47 Å². The first-order valence-electron chi connectivity index (χ1n) is 8.52. The number of hydrogen-bond acceptors (Lipinski definition) is 5. The van der Waals surface area contributed by atoms with Crippen molar-refractivity contribution >= 4 is 12.1 Å². The van der Waals surface area contributed by atoms with Gasteiger partial charge < -0.3 is 19.9 Å².